The van der Waals surface area contributed by atoms with Crippen LogP contribution in [0.2, 0.25) is 0 Å². The van der Waals surface area contributed by atoms with Gasteiger partial charge in [-0.05, 0) is 19.1 Å². The van der Waals surface area contributed by atoms with Gasteiger partial charge in [-0.25, -0.2) is 0 Å². The van der Waals surface area contributed by atoms with Gasteiger partial charge in [0.1, 0.15) is 11.4 Å². The third kappa shape index (κ3) is 4.72. The number of ether oxygens (including phenoxy) is 1. The number of rotatable bonds is 8. The zero-order chi connectivity index (χ0) is 20.8. The Bertz CT molecular complexity index is 1020. The first kappa shape index (κ1) is 20.3. The van der Waals surface area contributed by atoms with Gasteiger partial charge in [0.2, 0.25) is 5.91 Å². The molecule has 0 saturated heterocycles. The van der Waals surface area contributed by atoms with Crippen LogP contribution >= 0.6 is 11.8 Å². The summed E-state index contributed by atoms with van der Waals surface area (Å²) in [5.74, 6) is 0.723. The third-order valence-corrected chi connectivity index (χ3v) is 5.04. The molecule has 2 aromatic carbocycles. The largest absolute Gasteiger partial charge is 0.496 e. The van der Waals surface area contributed by atoms with E-state index in [2.05, 4.69) is 15.5 Å². The Morgan fingerprint density at radius 3 is 2.66 bits per heavy atom. The molecule has 0 fully saturated rings. The Labute approximate surface area is 171 Å². The number of hydrogen-bond acceptors (Lipinski definition) is 7. The summed E-state index contributed by atoms with van der Waals surface area (Å²) < 4.78 is 6.92. The SMILES string of the molecule is CCn1c(SCC(=O)Nc2ccc(OC)cc2[N+](=O)[O-])nnc1-c1ccccc1. The number of hydrogen-bond donors (Lipinski definition) is 1. The van der Waals surface area contributed by atoms with Gasteiger partial charge in [-0.1, -0.05) is 42.1 Å². The summed E-state index contributed by atoms with van der Waals surface area (Å²) in [4.78, 5) is 23.0. The van der Waals surface area contributed by atoms with Gasteiger partial charge in [0.05, 0.1) is 23.9 Å². The molecule has 0 aliphatic heterocycles. The number of thioether (sulfide) groups is 1. The first-order chi connectivity index (χ1) is 14.0. The third-order valence-electron chi connectivity index (χ3n) is 4.07. The molecule has 0 aliphatic carbocycles. The van der Waals surface area contributed by atoms with Crippen molar-refractivity contribution in [2.75, 3.05) is 18.2 Å². The molecule has 0 spiro atoms. The van der Waals surface area contributed by atoms with E-state index in [-0.39, 0.29) is 23.0 Å². The molecule has 0 bridgehead atoms. The van der Waals surface area contributed by atoms with Gasteiger partial charge < -0.3 is 14.6 Å². The molecule has 150 valence electrons. The zero-order valence-corrected chi connectivity index (χ0v) is 16.7. The highest BCUT2D eigenvalue weighted by molar-refractivity contribution is 7.99. The van der Waals surface area contributed by atoms with E-state index in [9.17, 15) is 14.9 Å². The molecule has 0 unspecified atom stereocenters. The second kappa shape index (κ2) is 9.20. The minimum atomic E-state index is -0.564. The van der Waals surface area contributed by atoms with Crippen molar-refractivity contribution in [3.8, 4) is 17.1 Å². The van der Waals surface area contributed by atoms with Gasteiger partial charge in [0.15, 0.2) is 11.0 Å². The Hall–Kier alpha value is -3.40. The average molecular weight is 413 g/mol. The van der Waals surface area contributed by atoms with E-state index < -0.39 is 4.92 Å². The highest BCUT2D eigenvalue weighted by Crippen LogP contribution is 2.29. The molecular formula is C19H19N5O4S. The smallest absolute Gasteiger partial charge is 0.296 e. The van der Waals surface area contributed by atoms with Gasteiger partial charge in [-0.15, -0.1) is 10.2 Å². The second-order valence-electron chi connectivity index (χ2n) is 5.89. The normalized spacial score (nSPS) is 10.6. The molecule has 29 heavy (non-hydrogen) atoms. The van der Waals surface area contributed by atoms with E-state index in [1.54, 1.807) is 6.07 Å². The van der Waals surface area contributed by atoms with E-state index in [1.807, 2.05) is 41.8 Å². The lowest BCUT2D eigenvalue weighted by Gasteiger charge is -2.09. The molecule has 0 atom stereocenters. The van der Waals surface area contributed by atoms with Crippen LogP contribution in [0.3, 0.4) is 0 Å². The fourth-order valence-corrected chi connectivity index (χ4v) is 3.50. The average Bonchev–Trinajstić information content (AvgIpc) is 3.16. The number of anilines is 1. The standard InChI is InChI=1S/C19H19N5O4S/c1-3-23-18(13-7-5-4-6-8-13)21-22-19(23)29-12-17(25)20-15-10-9-14(28-2)11-16(15)24(26)27/h4-11H,3,12H2,1-2H3,(H,20,25). The molecule has 1 N–H and O–H groups in total. The van der Waals surface area contributed by atoms with Crippen LogP contribution in [0.25, 0.3) is 11.4 Å². The maximum atomic E-state index is 12.3. The first-order valence-electron chi connectivity index (χ1n) is 8.77. The van der Waals surface area contributed by atoms with Crippen LogP contribution in [-0.4, -0.2) is 38.5 Å². The number of nitro groups is 1. The van der Waals surface area contributed by atoms with Crippen molar-refractivity contribution >= 4 is 29.0 Å². The minimum absolute atomic E-state index is 0.0378. The van der Waals surface area contributed by atoms with Gasteiger partial charge in [0.25, 0.3) is 5.69 Å². The van der Waals surface area contributed by atoms with Gasteiger partial charge in [-0.2, -0.15) is 0 Å². The molecule has 9 nitrogen and oxygen atoms in total. The number of methoxy groups -OCH3 is 1. The van der Waals surface area contributed by atoms with E-state index in [0.717, 1.165) is 11.4 Å². The summed E-state index contributed by atoms with van der Waals surface area (Å²) >= 11 is 1.22. The van der Waals surface area contributed by atoms with E-state index in [1.165, 1.54) is 31.0 Å². The van der Waals surface area contributed by atoms with Crippen LogP contribution < -0.4 is 10.1 Å². The zero-order valence-electron chi connectivity index (χ0n) is 15.9. The lowest BCUT2D eigenvalue weighted by atomic mass is 10.2. The van der Waals surface area contributed by atoms with Crippen LogP contribution in [0.15, 0.2) is 53.7 Å². The fraction of sp³-hybridized carbons (Fsp3) is 0.211. The predicted molar refractivity (Wildman–Crippen MR) is 110 cm³/mol. The topological polar surface area (TPSA) is 112 Å². The maximum Gasteiger partial charge on any atom is 0.296 e. The molecule has 0 radical (unpaired) electrons. The number of nitrogens with one attached hydrogen (secondary N) is 1. The van der Waals surface area contributed by atoms with Crippen molar-refractivity contribution in [2.45, 2.75) is 18.6 Å². The molecule has 10 heteroatoms. The van der Waals surface area contributed by atoms with Crippen molar-refractivity contribution in [1.82, 2.24) is 14.8 Å². The molecule has 0 aliphatic rings. The van der Waals surface area contributed by atoms with Gasteiger partial charge >= 0.3 is 0 Å². The molecule has 1 aromatic heterocycles. The molecule has 3 aromatic rings. The lowest BCUT2D eigenvalue weighted by Crippen LogP contribution is -2.15. The van der Waals surface area contributed by atoms with E-state index >= 15 is 0 Å². The van der Waals surface area contributed by atoms with E-state index in [0.29, 0.717) is 17.5 Å². The van der Waals surface area contributed by atoms with Crippen LogP contribution in [0.4, 0.5) is 11.4 Å². The van der Waals surface area contributed by atoms with Gasteiger partial charge in [0, 0.05) is 12.1 Å². The molecule has 1 amide bonds. The van der Waals surface area contributed by atoms with Crippen molar-refractivity contribution in [3.63, 3.8) is 0 Å². The van der Waals surface area contributed by atoms with Crippen LogP contribution in [-0.2, 0) is 11.3 Å². The molecular weight excluding hydrogens is 394 g/mol. The number of nitrogens with zero attached hydrogens (tertiary/aromatic N) is 4. The summed E-state index contributed by atoms with van der Waals surface area (Å²) in [7, 11) is 1.42. The van der Waals surface area contributed by atoms with Crippen molar-refractivity contribution in [3.05, 3.63) is 58.6 Å². The highest BCUT2D eigenvalue weighted by Gasteiger charge is 2.19. The number of carbonyl (C=O) groups is 1. The summed E-state index contributed by atoms with van der Waals surface area (Å²) in [5, 5.41) is 22.8. The molecule has 3 rings (SSSR count). The van der Waals surface area contributed by atoms with Crippen molar-refractivity contribution in [1.29, 1.82) is 0 Å². The number of amides is 1. The number of aromatic nitrogens is 3. The Morgan fingerprint density at radius 1 is 1.24 bits per heavy atom. The predicted octanol–water partition coefficient (Wildman–Crippen LogP) is 3.61. The minimum Gasteiger partial charge on any atom is -0.496 e. The summed E-state index contributed by atoms with van der Waals surface area (Å²) in [6, 6.07) is 13.9. The van der Waals surface area contributed by atoms with Gasteiger partial charge in [-0.3, -0.25) is 14.9 Å². The van der Waals surface area contributed by atoms with Crippen LogP contribution in [0.1, 0.15) is 6.92 Å². The van der Waals surface area contributed by atoms with Crippen molar-refractivity contribution in [2.24, 2.45) is 0 Å². The summed E-state index contributed by atoms with van der Waals surface area (Å²) in [6.45, 7) is 2.62. The van der Waals surface area contributed by atoms with Crippen LogP contribution in [0.5, 0.6) is 5.75 Å². The number of benzene rings is 2. The quantitative estimate of drug-likeness (QED) is 0.341. The Morgan fingerprint density at radius 2 is 2.00 bits per heavy atom. The summed E-state index contributed by atoms with van der Waals surface area (Å²) in [5.41, 5.74) is 0.820. The lowest BCUT2D eigenvalue weighted by molar-refractivity contribution is -0.384. The molecule has 0 saturated carbocycles. The number of nitro benzene ring substituents is 1. The molecule has 1 heterocycles. The maximum absolute atomic E-state index is 12.3. The Balaban J connectivity index is 1.71. The summed E-state index contributed by atoms with van der Waals surface area (Å²) in [6.07, 6.45) is 0. The monoisotopic (exact) mass is 413 g/mol. The highest BCUT2D eigenvalue weighted by atomic mass is 32.2. The van der Waals surface area contributed by atoms with Crippen LogP contribution in [0, 0.1) is 10.1 Å². The van der Waals surface area contributed by atoms with Crippen molar-refractivity contribution < 1.29 is 14.5 Å². The first-order valence-corrected chi connectivity index (χ1v) is 9.75. The number of carbonyl (C=O) groups excluding carboxylic acids is 1. The fourth-order valence-electron chi connectivity index (χ4n) is 2.69. The Kier molecular flexibility index (Phi) is 6.45. The second-order valence-corrected chi connectivity index (χ2v) is 6.84. The van der Waals surface area contributed by atoms with E-state index in [4.69, 9.17) is 4.74 Å².